The van der Waals surface area contributed by atoms with Crippen molar-refractivity contribution >= 4 is 11.0 Å². The molecule has 3 aromatic rings. The molecule has 0 bridgehead atoms. The van der Waals surface area contributed by atoms with Gasteiger partial charge in [0.2, 0.25) is 0 Å². The third-order valence-electron chi connectivity index (χ3n) is 4.19. The summed E-state index contributed by atoms with van der Waals surface area (Å²) in [6.07, 6.45) is 5.38. The molecule has 1 aromatic heterocycles. The predicted octanol–water partition coefficient (Wildman–Crippen LogP) is 4.65. The van der Waals surface area contributed by atoms with Crippen LogP contribution in [0, 0.1) is 0 Å². The second-order valence-corrected chi connectivity index (χ2v) is 6.27. The van der Waals surface area contributed by atoms with E-state index in [9.17, 15) is 5.11 Å². The summed E-state index contributed by atoms with van der Waals surface area (Å²) in [7, 11) is 0. The fourth-order valence-electron chi connectivity index (χ4n) is 2.69. The first-order chi connectivity index (χ1) is 12.2. The van der Waals surface area contributed by atoms with Gasteiger partial charge in [-0.2, -0.15) is 0 Å². The molecule has 0 spiro atoms. The van der Waals surface area contributed by atoms with Gasteiger partial charge >= 0.3 is 0 Å². The van der Waals surface area contributed by atoms with Crippen molar-refractivity contribution in [2.45, 2.75) is 46.0 Å². The van der Waals surface area contributed by atoms with Crippen LogP contribution in [0.1, 0.15) is 45.1 Å². The quantitative estimate of drug-likeness (QED) is 0.607. The number of phenolic OH excluding ortho intramolecular Hbond substituents is 1. The van der Waals surface area contributed by atoms with Crippen molar-refractivity contribution < 1.29 is 9.84 Å². The molecule has 25 heavy (non-hydrogen) atoms. The van der Waals surface area contributed by atoms with E-state index in [-0.39, 0.29) is 5.75 Å². The van der Waals surface area contributed by atoms with Crippen LogP contribution in [0.25, 0.3) is 16.7 Å². The second kappa shape index (κ2) is 8.01. The number of aromatic nitrogens is 3. The summed E-state index contributed by atoms with van der Waals surface area (Å²) in [5, 5.41) is 19.2. The lowest BCUT2D eigenvalue weighted by Crippen LogP contribution is -2.00. The zero-order valence-corrected chi connectivity index (χ0v) is 14.9. The summed E-state index contributed by atoms with van der Waals surface area (Å²) in [6, 6.07) is 11.3. The molecule has 0 aliphatic heterocycles. The van der Waals surface area contributed by atoms with Crippen LogP contribution in [0.2, 0.25) is 0 Å². The van der Waals surface area contributed by atoms with E-state index in [0.717, 1.165) is 48.9 Å². The van der Waals surface area contributed by atoms with Crippen LogP contribution in [-0.2, 0) is 6.42 Å². The molecule has 0 amide bonds. The molecule has 5 nitrogen and oxygen atoms in total. The molecular weight excluding hydrogens is 314 g/mol. The predicted molar refractivity (Wildman–Crippen MR) is 99.5 cm³/mol. The molecule has 0 radical (unpaired) electrons. The Hall–Kier alpha value is -2.56. The molecule has 0 aliphatic rings. The minimum absolute atomic E-state index is 0.181. The maximum absolute atomic E-state index is 10.2. The third-order valence-corrected chi connectivity index (χ3v) is 4.19. The van der Waals surface area contributed by atoms with Gasteiger partial charge in [-0.3, -0.25) is 0 Å². The summed E-state index contributed by atoms with van der Waals surface area (Å²) < 4.78 is 5.73. The van der Waals surface area contributed by atoms with Gasteiger partial charge in [0, 0.05) is 6.07 Å². The summed E-state index contributed by atoms with van der Waals surface area (Å²) in [5.41, 5.74) is 3.33. The number of aryl methyl sites for hydroxylation is 1. The van der Waals surface area contributed by atoms with Gasteiger partial charge in [0.25, 0.3) is 0 Å². The van der Waals surface area contributed by atoms with Crippen molar-refractivity contribution in [3.05, 3.63) is 42.0 Å². The standard InChI is InChI=1S/C20H25N3O2/c1-3-5-7-15-8-11-20(24)19(13-15)23-21-17-10-9-16(14-18(17)22-23)25-12-6-4-2/h8-11,13-14,24H,3-7,12H2,1-2H3. The molecule has 0 aliphatic carbocycles. The molecule has 3 rings (SSSR count). The minimum atomic E-state index is 0.181. The van der Waals surface area contributed by atoms with Gasteiger partial charge < -0.3 is 9.84 Å². The van der Waals surface area contributed by atoms with Gasteiger partial charge in [0.05, 0.1) is 6.61 Å². The van der Waals surface area contributed by atoms with Crippen molar-refractivity contribution in [3.63, 3.8) is 0 Å². The highest BCUT2D eigenvalue weighted by Crippen LogP contribution is 2.25. The molecule has 2 aromatic carbocycles. The number of phenols is 1. The van der Waals surface area contributed by atoms with E-state index < -0.39 is 0 Å². The van der Waals surface area contributed by atoms with Crippen molar-refractivity contribution in [2.24, 2.45) is 0 Å². The van der Waals surface area contributed by atoms with E-state index in [1.807, 2.05) is 30.3 Å². The SMILES string of the molecule is CCCCOc1ccc2nn(-c3cc(CCCC)ccc3O)nc2c1. The Morgan fingerprint density at radius 1 is 0.960 bits per heavy atom. The molecule has 1 N–H and O–H groups in total. The Bertz CT molecular complexity index is 842. The van der Waals surface area contributed by atoms with Gasteiger partial charge in [-0.25, -0.2) is 0 Å². The summed E-state index contributed by atoms with van der Waals surface area (Å²) in [4.78, 5) is 1.51. The van der Waals surface area contributed by atoms with Crippen LogP contribution in [0.5, 0.6) is 11.5 Å². The zero-order chi connectivity index (χ0) is 17.6. The number of unbranched alkanes of at least 4 members (excludes halogenated alkanes) is 2. The van der Waals surface area contributed by atoms with Gasteiger partial charge in [-0.1, -0.05) is 32.8 Å². The molecule has 0 saturated heterocycles. The number of fused-ring (bicyclic) bond motifs is 1. The highest BCUT2D eigenvalue weighted by Gasteiger charge is 2.10. The van der Waals surface area contributed by atoms with Crippen molar-refractivity contribution in [1.82, 2.24) is 15.0 Å². The Labute approximate surface area is 148 Å². The molecule has 0 saturated carbocycles. The van der Waals surface area contributed by atoms with Crippen LogP contribution in [-0.4, -0.2) is 26.7 Å². The molecule has 0 unspecified atom stereocenters. The second-order valence-electron chi connectivity index (χ2n) is 6.27. The zero-order valence-electron chi connectivity index (χ0n) is 14.9. The number of nitrogens with zero attached hydrogens (tertiary/aromatic N) is 3. The number of hydrogen-bond donors (Lipinski definition) is 1. The lowest BCUT2D eigenvalue weighted by molar-refractivity contribution is 0.310. The van der Waals surface area contributed by atoms with E-state index in [1.54, 1.807) is 6.07 Å². The van der Waals surface area contributed by atoms with Gasteiger partial charge in [-0.05, 0) is 49.1 Å². The largest absolute Gasteiger partial charge is 0.506 e. The number of hydrogen-bond acceptors (Lipinski definition) is 4. The lowest BCUT2D eigenvalue weighted by Gasteiger charge is -2.06. The highest BCUT2D eigenvalue weighted by atomic mass is 16.5. The molecular formula is C20H25N3O2. The molecule has 1 heterocycles. The third kappa shape index (κ3) is 4.10. The smallest absolute Gasteiger partial charge is 0.143 e. The van der Waals surface area contributed by atoms with E-state index in [4.69, 9.17) is 4.74 Å². The Balaban J connectivity index is 1.88. The fraction of sp³-hybridized carbons (Fsp3) is 0.400. The summed E-state index contributed by atoms with van der Waals surface area (Å²) in [5.74, 6) is 0.980. The number of rotatable bonds is 8. The van der Waals surface area contributed by atoms with Crippen molar-refractivity contribution in [1.29, 1.82) is 0 Å². The minimum Gasteiger partial charge on any atom is -0.506 e. The monoisotopic (exact) mass is 339 g/mol. The maximum atomic E-state index is 10.2. The van der Waals surface area contributed by atoms with E-state index >= 15 is 0 Å². The van der Waals surface area contributed by atoms with Crippen LogP contribution >= 0.6 is 0 Å². The average molecular weight is 339 g/mol. The molecule has 0 atom stereocenters. The Morgan fingerprint density at radius 2 is 1.76 bits per heavy atom. The van der Waals surface area contributed by atoms with Crippen LogP contribution in [0.3, 0.4) is 0 Å². The Morgan fingerprint density at radius 3 is 2.56 bits per heavy atom. The first kappa shape index (κ1) is 17.3. The summed E-state index contributed by atoms with van der Waals surface area (Å²) in [6.45, 7) is 5.01. The van der Waals surface area contributed by atoms with E-state index in [1.165, 1.54) is 10.4 Å². The van der Waals surface area contributed by atoms with Crippen LogP contribution in [0.15, 0.2) is 36.4 Å². The van der Waals surface area contributed by atoms with Crippen LogP contribution in [0.4, 0.5) is 0 Å². The molecule has 5 heteroatoms. The first-order valence-electron chi connectivity index (χ1n) is 9.03. The average Bonchev–Trinajstić information content (AvgIpc) is 3.04. The fourth-order valence-corrected chi connectivity index (χ4v) is 2.69. The number of benzene rings is 2. The molecule has 0 fully saturated rings. The number of aromatic hydroxyl groups is 1. The van der Waals surface area contributed by atoms with E-state index in [0.29, 0.717) is 12.3 Å². The number of ether oxygens (including phenoxy) is 1. The normalized spacial score (nSPS) is 11.1. The van der Waals surface area contributed by atoms with Crippen LogP contribution < -0.4 is 4.74 Å². The van der Waals surface area contributed by atoms with E-state index in [2.05, 4.69) is 24.0 Å². The Kier molecular flexibility index (Phi) is 5.53. The maximum Gasteiger partial charge on any atom is 0.143 e. The molecule has 132 valence electrons. The first-order valence-corrected chi connectivity index (χ1v) is 9.03. The van der Waals surface area contributed by atoms with Crippen molar-refractivity contribution in [3.8, 4) is 17.2 Å². The van der Waals surface area contributed by atoms with Gasteiger partial charge in [0.15, 0.2) is 0 Å². The lowest BCUT2D eigenvalue weighted by atomic mass is 10.1. The van der Waals surface area contributed by atoms with Gasteiger partial charge in [0.1, 0.15) is 28.2 Å². The summed E-state index contributed by atoms with van der Waals surface area (Å²) >= 11 is 0. The van der Waals surface area contributed by atoms with Crippen molar-refractivity contribution in [2.75, 3.05) is 6.61 Å². The van der Waals surface area contributed by atoms with Gasteiger partial charge in [-0.15, -0.1) is 15.0 Å². The topological polar surface area (TPSA) is 60.2 Å². The highest BCUT2D eigenvalue weighted by molar-refractivity contribution is 5.75.